The van der Waals surface area contributed by atoms with E-state index in [1.165, 1.54) is 0 Å². The summed E-state index contributed by atoms with van der Waals surface area (Å²) >= 11 is 0. The van der Waals surface area contributed by atoms with Gasteiger partial charge in [-0.3, -0.25) is 0 Å². The maximum atomic E-state index is 5.38. The Hall–Kier alpha value is -1.73. The Balaban J connectivity index is 0. The van der Waals surface area contributed by atoms with Crippen LogP contribution in [0.3, 0.4) is 0 Å². The highest BCUT2D eigenvalue weighted by molar-refractivity contribution is 5.03. The highest BCUT2D eigenvalue weighted by Crippen LogP contribution is 2.18. The van der Waals surface area contributed by atoms with Crippen molar-refractivity contribution < 1.29 is 18.3 Å². The van der Waals surface area contributed by atoms with Crippen LogP contribution in [0, 0.1) is 0 Å². The predicted molar refractivity (Wildman–Crippen MR) is 118 cm³/mol. The van der Waals surface area contributed by atoms with Crippen LogP contribution >= 0.6 is 0 Å². The van der Waals surface area contributed by atoms with Crippen LogP contribution < -0.4 is 0 Å². The molecule has 0 bridgehead atoms. The van der Waals surface area contributed by atoms with Gasteiger partial charge in [0.25, 0.3) is 0 Å². The number of methoxy groups -OCH3 is 2. The molecule has 2 heterocycles. The third-order valence-electron chi connectivity index (χ3n) is 3.36. The quantitative estimate of drug-likeness (QED) is 0.581. The highest BCUT2D eigenvalue weighted by atomic mass is 16.5. The number of hydrogen-bond acceptors (Lipinski definition) is 7. The molecule has 170 valence electrons. The first-order valence-corrected chi connectivity index (χ1v) is 10.2. The van der Waals surface area contributed by atoms with Crippen molar-refractivity contribution in [3.63, 3.8) is 0 Å². The van der Waals surface area contributed by atoms with Crippen LogP contribution in [0.4, 0.5) is 0 Å². The van der Waals surface area contributed by atoms with Crippen LogP contribution in [-0.2, 0) is 9.47 Å². The van der Waals surface area contributed by atoms with Gasteiger partial charge in [0.15, 0.2) is 5.89 Å². The van der Waals surface area contributed by atoms with E-state index in [1.807, 2.05) is 34.6 Å². The van der Waals surface area contributed by atoms with E-state index in [9.17, 15) is 0 Å². The SMILES string of the molecule is CC(C)c1coc(C(C)C)n1.CC(C)c1nnc(C(C)C)o1.CCOC.COC. The normalized spacial score (nSPS) is 10.3. The van der Waals surface area contributed by atoms with Gasteiger partial charge in [0.1, 0.15) is 6.26 Å². The average Bonchev–Trinajstić information content (AvgIpc) is 3.33. The Morgan fingerprint density at radius 1 is 0.759 bits per heavy atom. The first kappa shape index (κ1) is 29.5. The number of aromatic nitrogens is 3. The van der Waals surface area contributed by atoms with Gasteiger partial charge in [-0.05, 0) is 12.8 Å². The lowest BCUT2D eigenvalue weighted by Crippen LogP contribution is -1.90. The molecule has 0 amide bonds. The molecule has 2 aromatic rings. The van der Waals surface area contributed by atoms with E-state index < -0.39 is 0 Å². The number of nitrogens with zero attached hydrogens (tertiary/aromatic N) is 3. The van der Waals surface area contributed by atoms with E-state index in [0.717, 1.165) is 30.0 Å². The monoisotopic (exact) mass is 413 g/mol. The van der Waals surface area contributed by atoms with Gasteiger partial charge < -0.3 is 18.3 Å². The second-order valence-corrected chi connectivity index (χ2v) is 7.69. The van der Waals surface area contributed by atoms with Gasteiger partial charge in [-0.1, -0.05) is 55.4 Å². The zero-order valence-corrected chi connectivity index (χ0v) is 20.6. The number of ether oxygens (including phenoxy) is 2. The van der Waals surface area contributed by atoms with Gasteiger partial charge in [0.05, 0.1) is 5.69 Å². The smallest absolute Gasteiger partial charge is 0.219 e. The van der Waals surface area contributed by atoms with E-state index in [4.69, 9.17) is 8.83 Å². The molecule has 0 aromatic carbocycles. The van der Waals surface area contributed by atoms with Gasteiger partial charge in [-0.15, -0.1) is 10.2 Å². The average molecular weight is 414 g/mol. The molecule has 2 rings (SSSR count). The fourth-order valence-electron chi connectivity index (χ4n) is 1.54. The molecule has 0 aliphatic rings. The lowest BCUT2D eigenvalue weighted by molar-refractivity contribution is 0.215. The van der Waals surface area contributed by atoms with E-state index in [1.54, 1.807) is 27.6 Å². The zero-order chi connectivity index (χ0) is 23.0. The Kier molecular flexibility index (Phi) is 17.4. The lowest BCUT2D eigenvalue weighted by Gasteiger charge is -1.96. The van der Waals surface area contributed by atoms with Crippen molar-refractivity contribution in [2.45, 2.75) is 86.0 Å². The van der Waals surface area contributed by atoms with Crippen LogP contribution in [0.2, 0.25) is 0 Å². The molecule has 0 aliphatic carbocycles. The minimum atomic E-state index is 0.329. The molecule has 0 fully saturated rings. The van der Waals surface area contributed by atoms with Crippen LogP contribution in [0.1, 0.15) is 109 Å². The molecule has 0 radical (unpaired) electrons. The minimum Gasteiger partial charge on any atom is -0.448 e. The third-order valence-corrected chi connectivity index (χ3v) is 3.36. The fourth-order valence-corrected chi connectivity index (χ4v) is 1.54. The van der Waals surface area contributed by atoms with Gasteiger partial charge in [0.2, 0.25) is 11.8 Å². The first-order valence-electron chi connectivity index (χ1n) is 10.2. The molecule has 7 nitrogen and oxygen atoms in total. The Morgan fingerprint density at radius 3 is 1.31 bits per heavy atom. The summed E-state index contributed by atoms with van der Waals surface area (Å²) in [6.45, 7) is 19.3. The van der Waals surface area contributed by atoms with Gasteiger partial charge in [0, 0.05) is 45.7 Å². The standard InChI is InChI=1S/C9H15NO.C8H14N2O.C3H8O.C2H6O/c1-6(2)8-5-11-9(10-8)7(3)4;1-5(2)7-9-10-8(11-7)6(3)4;1-3-4-2;1-3-2/h5-7H,1-4H3;5-6H,1-4H3;3H2,1-2H3;1-2H3. The zero-order valence-electron chi connectivity index (χ0n) is 20.6. The van der Waals surface area contributed by atoms with Gasteiger partial charge >= 0.3 is 0 Å². The summed E-state index contributed by atoms with van der Waals surface area (Å²) in [5.74, 6) is 3.81. The number of hydrogen-bond donors (Lipinski definition) is 0. The summed E-state index contributed by atoms with van der Waals surface area (Å²) in [7, 11) is 4.93. The predicted octanol–water partition coefficient (Wildman–Crippen LogP) is 6.15. The van der Waals surface area contributed by atoms with Crippen LogP contribution in [0.25, 0.3) is 0 Å². The summed E-state index contributed by atoms with van der Waals surface area (Å²) in [5.41, 5.74) is 1.05. The highest BCUT2D eigenvalue weighted by Gasteiger charge is 2.11. The molecule has 0 N–H and O–H groups in total. The Labute approximate surface area is 177 Å². The van der Waals surface area contributed by atoms with Crippen molar-refractivity contribution in [2.75, 3.05) is 27.9 Å². The van der Waals surface area contributed by atoms with Crippen molar-refractivity contribution in [1.29, 1.82) is 0 Å². The maximum absolute atomic E-state index is 5.38. The molecule has 0 atom stereocenters. The van der Waals surface area contributed by atoms with Crippen LogP contribution in [0.15, 0.2) is 15.1 Å². The van der Waals surface area contributed by atoms with Crippen molar-refractivity contribution in [2.24, 2.45) is 0 Å². The van der Waals surface area contributed by atoms with E-state index in [0.29, 0.717) is 23.7 Å². The molecule has 0 saturated carbocycles. The maximum Gasteiger partial charge on any atom is 0.219 e. The van der Waals surface area contributed by atoms with E-state index in [2.05, 4.69) is 52.4 Å². The molecular formula is C22H43N3O4. The molecule has 7 heteroatoms. The van der Waals surface area contributed by atoms with E-state index >= 15 is 0 Å². The molecule has 0 saturated heterocycles. The van der Waals surface area contributed by atoms with E-state index in [-0.39, 0.29) is 0 Å². The molecule has 0 aliphatic heterocycles. The van der Waals surface area contributed by atoms with Gasteiger partial charge in [-0.25, -0.2) is 4.98 Å². The largest absolute Gasteiger partial charge is 0.448 e. The summed E-state index contributed by atoms with van der Waals surface area (Å²) in [6.07, 6.45) is 1.75. The van der Waals surface area contributed by atoms with Crippen molar-refractivity contribution in [1.82, 2.24) is 15.2 Å². The van der Waals surface area contributed by atoms with Crippen LogP contribution in [-0.4, -0.2) is 43.1 Å². The fraction of sp³-hybridized carbons (Fsp3) is 0.773. The second-order valence-electron chi connectivity index (χ2n) is 7.69. The Morgan fingerprint density at radius 2 is 1.14 bits per heavy atom. The summed E-state index contributed by atoms with van der Waals surface area (Å²) in [4.78, 5) is 4.34. The topological polar surface area (TPSA) is 83.4 Å². The Bertz CT molecular complexity index is 507. The number of rotatable bonds is 5. The van der Waals surface area contributed by atoms with Crippen molar-refractivity contribution in [3.8, 4) is 0 Å². The minimum absolute atomic E-state index is 0.329. The number of oxazole rings is 1. The molecule has 0 spiro atoms. The summed E-state index contributed by atoms with van der Waals surface area (Å²) < 4.78 is 19.5. The van der Waals surface area contributed by atoms with Crippen molar-refractivity contribution in [3.05, 3.63) is 29.6 Å². The second kappa shape index (κ2) is 17.2. The molecule has 2 aromatic heterocycles. The van der Waals surface area contributed by atoms with Crippen molar-refractivity contribution >= 4 is 0 Å². The third kappa shape index (κ3) is 14.0. The first-order chi connectivity index (χ1) is 13.5. The molecule has 0 unspecified atom stereocenters. The van der Waals surface area contributed by atoms with Gasteiger partial charge in [-0.2, -0.15) is 0 Å². The van der Waals surface area contributed by atoms with Crippen LogP contribution in [0.5, 0.6) is 0 Å². The lowest BCUT2D eigenvalue weighted by atomic mass is 10.1. The molecular weight excluding hydrogens is 370 g/mol. The molecule has 29 heavy (non-hydrogen) atoms. The summed E-state index contributed by atoms with van der Waals surface area (Å²) in [5, 5.41) is 7.84. The summed E-state index contributed by atoms with van der Waals surface area (Å²) in [6, 6.07) is 0.